The molecule has 0 unspecified atom stereocenters. The van der Waals surface area contributed by atoms with Gasteiger partial charge in [-0.05, 0) is 52.0 Å². The van der Waals surface area contributed by atoms with Gasteiger partial charge in [0.1, 0.15) is 0 Å². The van der Waals surface area contributed by atoms with Crippen molar-refractivity contribution in [1.29, 1.82) is 0 Å². The van der Waals surface area contributed by atoms with Crippen LogP contribution in [0.4, 0.5) is 0 Å². The zero-order chi connectivity index (χ0) is 15.8. The van der Waals surface area contributed by atoms with Crippen molar-refractivity contribution in [2.45, 2.75) is 64.3 Å². The topological polar surface area (TPSA) is 55.1 Å². The normalized spacial score (nSPS) is 23.7. The van der Waals surface area contributed by atoms with Crippen LogP contribution in [0, 0.1) is 6.92 Å². The number of fused-ring (bicyclic) bond motifs is 1. The van der Waals surface area contributed by atoms with Gasteiger partial charge in [-0.15, -0.1) is 21.5 Å². The van der Waals surface area contributed by atoms with Crippen molar-refractivity contribution < 1.29 is 4.42 Å². The summed E-state index contributed by atoms with van der Waals surface area (Å²) in [7, 11) is 0. The lowest BCUT2D eigenvalue weighted by atomic mass is 9.97. The fraction of sp³-hybridized carbons (Fsp3) is 0.706. The first kappa shape index (κ1) is 15.3. The van der Waals surface area contributed by atoms with Crippen LogP contribution in [-0.4, -0.2) is 33.2 Å². The molecule has 2 aromatic heterocycles. The summed E-state index contributed by atoms with van der Waals surface area (Å²) in [6.45, 7) is 6.17. The molecule has 6 heteroatoms. The SMILES string of the molecule is Cc1nnc([C@@H](C)N2CCC[C@@H](c3nc4c(s3)CCCC4)C2)o1. The fourth-order valence-corrected chi connectivity index (χ4v) is 5.02. The standard InChI is InChI=1S/C17H24N4OS/c1-11(16-20-19-12(2)22-16)21-9-5-6-13(10-21)17-18-14-7-3-4-8-15(14)23-17/h11,13H,3-10H2,1-2H3/t11-,13-/m1/s1. The number of nitrogens with zero attached hydrogens (tertiary/aromatic N) is 4. The average molecular weight is 332 g/mol. The van der Waals surface area contributed by atoms with Gasteiger partial charge in [-0.2, -0.15) is 0 Å². The quantitative estimate of drug-likeness (QED) is 0.858. The highest BCUT2D eigenvalue weighted by Crippen LogP contribution is 2.36. The molecule has 5 nitrogen and oxygen atoms in total. The van der Waals surface area contributed by atoms with Gasteiger partial charge in [-0.25, -0.2) is 4.98 Å². The van der Waals surface area contributed by atoms with E-state index in [-0.39, 0.29) is 6.04 Å². The van der Waals surface area contributed by atoms with Gasteiger partial charge in [0.15, 0.2) is 0 Å². The summed E-state index contributed by atoms with van der Waals surface area (Å²) < 4.78 is 5.63. The fourth-order valence-electron chi connectivity index (χ4n) is 3.74. The minimum Gasteiger partial charge on any atom is -0.424 e. The molecule has 23 heavy (non-hydrogen) atoms. The third-order valence-electron chi connectivity index (χ3n) is 5.11. The van der Waals surface area contributed by atoms with Gasteiger partial charge in [0.25, 0.3) is 0 Å². The highest BCUT2D eigenvalue weighted by molar-refractivity contribution is 7.11. The van der Waals surface area contributed by atoms with Crippen molar-refractivity contribution >= 4 is 11.3 Å². The van der Waals surface area contributed by atoms with Crippen LogP contribution in [0.2, 0.25) is 0 Å². The van der Waals surface area contributed by atoms with Crippen LogP contribution >= 0.6 is 11.3 Å². The van der Waals surface area contributed by atoms with Gasteiger partial charge in [-0.1, -0.05) is 0 Å². The Kier molecular flexibility index (Phi) is 4.20. The minimum atomic E-state index is 0.189. The highest BCUT2D eigenvalue weighted by Gasteiger charge is 2.30. The summed E-state index contributed by atoms with van der Waals surface area (Å²) in [4.78, 5) is 9.00. The second kappa shape index (κ2) is 6.32. The molecule has 0 bridgehead atoms. The van der Waals surface area contributed by atoms with Crippen LogP contribution < -0.4 is 0 Å². The number of hydrogen-bond acceptors (Lipinski definition) is 6. The molecular weight excluding hydrogens is 308 g/mol. The van der Waals surface area contributed by atoms with E-state index in [2.05, 4.69) is 22.0 Å². The summed E-state index contributed by atoms with van der Waals surface area (Å²) >= 11 is 1.97. The van der Waals surface area contributed by atoms with E-state index in [0.29, 0.717) is 11.8 Å². The van der Waals surface area contributed by atoms with Crippen molar-refractivity contribution in [3.63, 3.8) is 0 Å². The largest absolute Gasteiger partial charge is 0.424 e. The Morgan fingerprint density at radius 2 is 2.09 bits per heavy atom. The van der Waals surface area contributed by atoms with Gasteiger partial charge in [0, 0.05) is 24.3 Å². The minimum absolute atomic E-state index is 0.189. The maximum absolute atomic E-state index is 5.63. The van der Waals surface area contributed by atoms with Crippen molar-refractivity contribution in [3.05, 3.63) is 27.4 Å². The molecule has 0 N–H and O–H groups in total. The molecule has 3 heterocycles. The number of aryl methyl sites for hydroxylation is 3. The molecule has 0 radical (unpaired) electrons. The van der Waals surface area contributed by atoms with Crippen LogP contribution in [0.1, 0.15) is 71.9 Å². The number of rotatable bonds is 3. The molecule has 1 aliphatic heterocycles. The number of aromatic nitrogens is 3. The Morgan fingerprint density at radius 1 is 1.22 bits per heavy atom. The molecule has 0 amide bonds. The van der Waals surface area contributed by atoms with Gasteiger partial charge in [0.05, 0.1) is 16.7 Å². The van der Waals surface area contributed by atoms with Crippen LogP contribution in [0.5, 0.6) is 0 Å². The van der Waals surface area contributed by atoms with Crippen LogP contribution in [-0.2, 0) is 12.8 Å². The summed E-state index contributed by atoms with van der Waals surface area (Å²) in [5.41, 5.74) is 1.38. The van der Waals surface area contributed by atoms with E-state index in [1.807, 2.05) is 18.3 Å². The highest BCUT2D eigenvalue weighted by atomic mass is 32.1. The van der Waals surface area contributed by atoms with Crippen molar-refractivity contribution in [1.82, 2.24) is 20.1 Å². The lowest BCUT2D eigenvalue weighted by Crippen LogP contribution is -2.36. The molecule has 4 rings (SSSR count). The first-order valence-corrected chi connectivity index (χ1v) is 9.55. The lowest BCUT2D eigenvalue weighted by Gasteiger charge is -2.34. The lowest BCUT2D eigenvalue weighted by molar-refractivity contribution is 0.138. The smallest absolute Gasteiger partial charge is 0.233 e. The third-order valence-corrected chi connectivity index (χ3v) is 6.43. The van der Waals surface area contributed by atoms with Gasteiger partial charge in [0.2, 0.25) is 11.8 Å². The third kappa shape index (κ3) is 3.06. The Morgan fingerprint density at radius 3 is 2.87 bits per heavy atom. The Balaban J connectivity index is 1.49. The predicted molar refractivity (Wildman–Crippen MR) is 89.8 cm³/mol. The van der Waals surface area contributed by atoms with Crippen molar-refractivity contribution in [3.8, 4) is 0 Å². The molecule has 1 saturated heterocycles. The summed E-state index contributed by atoms with van der Waals surface area (Å²) in [6.07, 6.45) is 7.52. The van der Waals surface area contributed by atoms with E-state index in [1.54, 1.807) is 4.88 Å². The Hall–Kier alpha value is -1.27. The number of thiazole rings is 1. The molecule has 1 aliphatic carbocycles. The first-order chi connectivity index (χ1) is 11.2. The number of likely N-dealkylation sites (tertiary alicyclic amines) is 1. The molecule has 0 aromatic carbocycles. The van der Waals surface area contributed by atoms with Gasteiger partial charge >= 0.3 is 0 Å². The van der Waals surface area contributed by atoms with E-state index in [0.717, 1.165) is 19.0 Å². The zero-order valence-corrected chi connectivity index (χ0v) is 14.7. The summed E-state index contributed by atoms with van der Waals surface area (Å²) in [5, 5.41) is 9.53. The maximum Gasteiger partial charge on any atom is 0.233 e. The Labute approximate surface area is 141 Å². The second-order valence-electron chi connectivity index (χ2n) is 6.80. The van der Waals surface area contributed by atoms with Crippen LogP contribution in [0.15, 0.2) is 4.42 Å². The Bertz CT molecular complexity index is 656. The predicted octanol–water partition coefficient (Wildman–Crippen LogP) is 3.65. The second-order valence-corrected chi connectivity index (χ2v) is 7.91. The van der Waals surface area contributed by atoms with Crippen LogP contribution in [0.3, 0.4) is 0 Å². The molecule has 2 aliphatic rings. The number of piperidine rings is 1. The molecule has 124 valence electrons. The number of hydrogen-bond donors (Lipinski definition) is 0. The average Bonchev–Trinajstić information content (AvgIpc) is 3.20. The van der Waals surface area contributed by atoms with E-state index < -0.39 is 0 Å². The maximum atomic E-state index is 5.63. The molecule has 2 atom stereocenters. The van der Waals surface area contributed by atoms with Crippen molar-refractivity contribution in [2.75, 3.05) is 13.1 Å². The summed E-state index contributed by atoms with van der Waals surface area (Å²) in [5.74, 6) is 1.94. The van der Waals surface area contributed by atoms with E-state index in [9.17, 15) is 0 Å². The molecule has 0 spiro atoms. The van der Waals surface area contributed by atoms with E-state index >= 15 is 0 Å². The van der Waals surface area contributed by atoms with Crippen molar-refractivity contribution in [2.24, 2.45) is 0 Å². The first-order valence-electron chi connectivity index (χ1n) is 8.73. The molecule has 0 saturated carbocycles. The van der Waals surface area contributed by atoms with Gasteiger partial charge in [-0.3, -0.25) is 4.90 Å². The molecular formula is C17H24N4OS. The summed E-state index contributed by atoms with van der Waals surface area (Å²) in [6, 6.07) is 0.189. The van der Waals surface area contributed by atoms with Gasteiger partial charge < -0.3 is 4.42 Å². The monoisotopic (exact) mass is 332 g/mol. The zero-order valence-electron chi connectivity index (χ0n) is 13.9. The van der Waals surface area contributed by atoms with E-state index in [4.69, 9.17) is 9.40 Å². The molecule has 2 aromatic rings. The van der Waals surface area contributed by atoms with Crippen LogP contribution in [0.25, 0.3) is 0 Å². The molecule has 1 fully saturated rings. The van der Waals surface area contributed by atoms with E-state index in [1.165, 1.54) is 49.2 Å².